The highest BCUT2D eigenvalue weighted by molar-refractivity contribution is 5.84. The molecule has 96 valence electrons. The maximum atomic E-state index is 5.86. The van der Waals surface area contributed by atoms with Gasteiger partial charge in [-0.25, -0.2) is 9.97 Å². The minimum atomic E-state index is 0.574. The number of aromatic amines is 1. The van der Waals surface area contributed by atoms with Crippen LogP contribution in [0.2, 0.25) is 0 Å². The van der Waals surface area contributed by atoms with Gasteiger partial charge in [-0.05, 0) is 38.5 Å². The molecule has 19 heavy (non-hydrogen) atoms. The van der Waals surface area contributed by atoms with Crippen LogP contribution in [0.1, 0.15) is 17.1 Å². The number of para-hydroxylation sites is 1. The number of hydrogen-bond donors (Lipinski definition) is 1. The third kappa shape index (κ3) is 2.05. The lowest BCUT2D eigenvalue weighted by Gasteiger charge is -2.08. The van der Waals surface area contributed by atoms with Crippen molar-refractivity contribution in [3.63, 3.8) is 0 Å². The fraction of sp³-hybridized carbons (Fsp3) is 0.200. The summed E-state index contributed by atoms with van der Waals surface area (Å²) in [5.74, 6) is 2.21. The zero-order valence-corrected chi connectivity index (χ0v) is 11.2. The lowest BCUT2D eigenvalue weighted by Crippen LogP contribution is -1.95. The second kappa shape index (κ2) is 4.39. The van der Waals surface area contributed by atoms with Crippen molar-refractivity contribution < 1.29 is 4.74 Å². The second-order valence-corrected chi connectivity index (χ2v) is 4.59. The van der Waals surface area contributed by atoms with E-state index < -0.39 is 0 Å². The molecule has 3 rings (SSSR count). The van der Waals surface area contributed by atoms with Gasteiger partial charge in [0.2, 0.25) is 5.88 Å². The summed E-state index contributed by atoms with van der Waals surface area (Å²) in [4.78, 5) is 12.2. The van der Waals surface area contributed by atoms with Gasteiger partial charge in [-0.3, -0.25) is 0 Å². The van der Waals surface area contributed by atoms with Gasteiger partial charge in [0, 0.05) is 5.69 Å². The molecule has 2 heterocycles. The molecule has 0 aliphatic heterocycles. The SMILES string of the molecule is Cc1nc2c(C)c(C)nc(Oc3ccccc3)c2[nH]1. The first-order chi connectivity index (χ1) is 9.15. The van der Waals surface area contributed by atoms with Crippen molar-refractivity contribution in [2.24, 2.45) is 0 Å². The zero-order chi connectivity index (χ0) is 13.4. The molecule has 0 fully saturated rings. The van der Waals surface area contributed by atoms with Crippen LogP contribution in [-0.4, -0.2) is 15.0 Å². The van der Waals surface area contributed by atoms with E-state index >= 15 is 0 Å². The lowest BCUT2D eigenvalue weighted by molar-refractivity contribution is 0.466. The topological polar surface area (TPSA) is 50.8 Å². The van der Waals surface area contributed by atoms with E-state index in [1.54, 1.807) is 0 Å². The molecule has 0 bridgehead atoms. The summed E-state index contributed by atoms with van der Waals surface area (Å²) in [6.07, 6.45) is 0. The molecule has 1 aromatic carbocycles. The van der Waals surface area contributed by atoms with Gasteiger partial charge in [0.25, 0.3) is 0 Å². The van der Waals surface area contributed by atoms with Crippen molar-refractivity contribution in [1.82, 2.24) is 15.0 Å². The van der Waals surface area contributed by atoms with Crippen molar-refractivity contribution >= 4 is 11.0 Å². The molecule has 4 nitrogen and oxygen atoms in total. The van der Waals surface area contributed by atoms with Gasteiger partial charge in [-0.15, -0.1) is 0 Å². The van der Waals surface area contributed by atoms with Crippen LogP contribution >= 0.6 is 0 Å². The number of nitrogens with zero attached hydrogens (tertiary/aromatic N) is 2. The summed E-state index contributed by atoms with van der Waals surface area (Å²) in [6.45, 7) is 5.93. The number of aromatic nitrogens is 3. The van der Waals surface area contributed by atoms with Crippen molar-refractivity contribution in [3.8, 4) is 11.6 Å². The maximum absolute atomic E-state index is 5.86. The zero-order valence-electron chi connectivity index (χ0n) is 11.2. The Balaban J connectivity index is 2.16. The molecule has 0 aliphatic rings. The van der Waals surface area contributed by atoms with Gasteiger partial charge < -0.3 is 9.72 Å². The Kier molecular flexibility index (Phi) is 2.71. The highest BCUT2D eigenvalue weighted by atomic mass is 16.5. The van der Waals surface area contributed by atoms with E-state index in [4.69, 9.17) is 4.74 Å². The molecule has 3 aromatic rings. The summed E-state index contributed by atoms with van der Waals surface area (Å²) in [6, 6.07) is 9.64. The third-order valence-electron chi connectivity index (χ3n) is 3.16. The van der Waals surface area contributed by atoms with Crippen LogP contribution in [0.5, 0.6) is 11.6 Å². The predicted octanol–water partition coefficient (Wildman–Crippen LogP) is 3.68. The Hall–Kier alpha value is -2.36. The summed E-state index contributed by atoms with van der Waals surface area (Å²) < 4.78 is 5.86. The largest absolute Gasteiger partial charge is 0.437 e. The minimum absolute atomic E-state index is 0.574. The Morgan fingerprint density at radius 2 is 1.74 bits per heavy atom. The van der Waals surface area contributed by atoms with Crippen LogP contribution in [0.3, 0.4) is 0 Å². The number of fused-ring (bicyclic) bond motifs is 1. The number of hydrogen-bond acceptors (Lipinski definition) is 3. The summed E-state index contributed by atoms with van der Waals surface area (Å²) in [7, 11) is 0. The van der Waals surface area contributed by atoms with Crippen LogP contribution in [0.4, 0.5) is 0 Å². The van der Waals surface area contributed by atoms with Gasteiger partial charge >= 0.3 is 0 Å². The van der Waals surface area contributed by atoms with Gasteiger partial charge in [0.05, 0.1) is 5.52 Å². The van der Waals surface area contributed by atoms with Crippen molar-refractivity contribution in [1.29, 1.82) is 0 Å². The number of aryl methyl sites for hydroxylation is 3. The first kappa shape index (κ1) is 11.7. The fourth-order valence-corrected chi connectivity index (χ4v) is 2.06. The molecule has 0 amide bonds. The van der Waals surface area contributed by atoms with E-state index in [0.717, 1.165) is 33.9 Å². The molecule has 0 spiro atoms. The first-order valence-corrected chi connectivity index (χ1v) is 6.21. The Morgan fingerprint density at radius 3 is 2.47 bits per heavy atom. The average Bonchev–Trinajstić information content (AvgIpc) is 2.79. The third-order valence-corrected chi connectivity index (χ3v) is 3.16. The quantitative estimate of drug-likeness (QED) is 0.758. The number of H-pyrrole nitrogens is 1. The normalized spacial score (nSPS) is 10.9. The highest BCUT2D eigenvalue weighted by Crippen LogP contribution is 2.29. The lowest BCUT2D eigenvalue weighted by atomic mass is 10.2. The highest BCUT2D eigenvalue weighted by Gasteiger charge is 2.14. The molecule has 2 aromatic heterocycles. The minimum Gasteiger partial charge on any atom is -0.437 e. The molecular weight excluding hydrogens is 238 g/mol. The van der Waals surface area contributed by atoms with Crippen LogP contribution in [0, 0.1) is 20.8 Å². The smallest absolute Gasteiger partial charge is 0.245 e. The monoisotopic (exact) mass is 253 g/mol. The van der Waals surface area contributed by atoms with Crippen LogP contribution in [-0.2, 0) is 0 Å². The molecule has 0 radical (unpaired) electrons. The Morgan fingerprint density at radius 1 is 1.00 bits per heavy atom. The molecule has 0 atom stereocenters. The number of benzene rings is 1. The summed E-state index contributed by atoms with van der Waals surface area (Å²) in [5.41, 5.74) is 3.80. The average molecular weight is 253 g/mol. The molecule has 4 heteroatoms. The Bertz CT molecular complexity index is 732. The van der Waals surface area contributed by atoms with Crippen molar-refractivity contribution in [2.45, 2.75) is 20.8 Å². The van der Waals surface area contributed by atoms with E-state index in [1.165, 1.54) is 0 Å². The fourth-order valence-electron chi connectivity index (χ4n) is 2.06. The van der Waals surface area contributed by atoms with E-state index in [0.29, 0.717) is 5.88 Å². The number of rotatable bonds is 2. The molecule has 0 unspecified atom stereocenters. The number of pyridine rings is 1. The molecule has 0 saturated heterocycles. The van der Waals surface area contributed by atoms with E-state index in [-0.39, 0.29) is 0 Å². The van der Waals surface area contributed by atoms with Gasteiger partial charge in [0.15, 0.2) is 0 Å². The van der Waals surface area contributed by atoms with Crippen molar-refractivity contribution in [2.75, 3.05) is 0 Å². The van der Waals surface area contributed by atoms with Crippen LogP contribution in [0.25, 0.3) is 11.0 Å². The molecule has 0 aliphatic carbocycles. The van der Waals surface area contributed by atoms with Gasteiger partial charge in [-0.1, -0.05) is 18.2 Å². The predicted molar refractivity (Wildman–Crippen MR) is 74.6 cm³/mol. The van der Waals surface area contributed by atoms with Crippen LogP contribution < -0.4 is 4.74 Å². The molecular formula is C15H15N3O. The van der Waals surface area contributed by atoms with E-state index in [2.05, 4.69) is 15.0 Å². The second-order valence-electron chi connectivity index (χ2n) is 4.59. The Labute approximate surface area is 111 Å². The van der Waals surface area contributed by atoms with Gasteiger partial charge in [-0.2, -0.15) is 0 Å². The van der Waals surface area contributed by atoms with E-state index in [1.807, 2.05) is 51.1 Å². The number of ether oxygens (including phenoxy) is 1. The number of nitrogens with one attached hydrogen (secondary N) is 1. The summed E-state index contributed by atoms with van der Waals surface area (Å²) in [5, 5.41) is 0. The first-order valence-electron chi connectivity index (χ1n) is 6.21. The molecule has 1 N–H and O–H groups in total. The van der Waals surface area contributed by atoms with Crippen molar-refractivity contribution in [3.05, 3.63) is 47.4 Å². The van der Waals surface area contributed by atoms with E-state index in [9.17, 15) is 0 Å². The van der Waals surface area contributed by atoms with Crippen LogP contribution in [0.15, 0.2) is 30.3 Å². The van der Waals surface area contributed by atoms with Gasteiger partial charge in [0.1, 0.15) is 17.1 Å². The standard InChI is InChI=1S/C15H15N3O/c1-9-10(2)16-15(14-13(9)17-11(3)18-14)19-12-7-5-4-6-8-12/h4-8H,1-3H3,(H,17,18). The summed E-state index contributed by atoms with van der Waals surface area (Å²) >= 11 is 0. The maximum Gasteiger partial charge on any atom is 0.245 e. The number of imidazole rings is 1. The molecule has 0 saturated carbocycles.